The monoisotopic (exact) mass is 456 g/mol. The van der Waals surface area contributed by atoms with Crippen molar-refractivity contribution in [3.63, 3.8) is 0 Å². The van der Waals surface area contributed by atoms with Crippen molar-refractivity contribution in [1.29, 1.82) is 0 Å². The smallest absolute Gasteiger partial charge is 0.414 e. The Balaban J connectivity index is 1.34. The Morgan fingerprint density at radius 3 is 2.69 bits per heavy atom. The lowest BCUT2D eigenvalue weighted by Crippen LogP contribution is -2.42. The molecule has 4 rings (SSSR count). The minimum Gasteiger partial charge on any atom is -0.446 e. The highest BCUT2D eigenvalue weighted by Crippen LogP contribution is 2.24. The van der Waals surface area contributed by atoms with Gasteiger partial charge >= 0.3 is 6.09 Å². The van der Waals surface area contributed by atoms with Crippen LogP contribution in [0.5, 0.6) is 0 Å². The molecule has 3 aromatic heterocycles. The third-order valence-corrected chi connectivity index (χ3v) is 5.85. The van der Waals surface area contributed by atoms with Crippen molar-refractivity contribution in [3.05, 3.63) is 47.2 Å². The predicted molar refractivity (Wildman–Crippen MR) is 114 cm³/mol. The first-order chi connectivity index (χ1) is 15.4. The van der Waals surface area contributed by atoms with E-state index in [9.17, 15) is 19.2 Å². The quantitative estimate of drug-likeness (QED) is 0.612. The minimum atomic E-state index is -0.868. The number of carbonyl (C=O) groups is 4. The van der Waals surface area contributed by atoms with Crippen molar-refractivity contribution in [1.82, 2.24) is 24.8 Å². The van der Waals surface area contributed by atoms with Crippen LogP contribution in [-0.2, 0) is 9.53 Å². The second-order valence-electron chi connectivity index (χ2n) is 7.16. The number of imide groups is 1. The maximum atomic E-state index is 12.6. The van der Waals surface area contributed by atoms with Crippen molar-refractivity contribution in [2.45, 2.75) is 25.9 Å². The molecular formula is C20H20N6O5S. The first-order valence-corrected chi connectivity index (χ1v) is 10.7. The highest BCUT2D eigenvalue weighted by Gasteiger charge is 2.25. The number of piperidine rings is 1. The number of hydrogen-bond donors (Lipinski definition) is 2. The molecule has 3 aromatic rings. The average Bonchev–Trinajstić information content (AvgIpc) is 3.42. The van der Waals surface area contributed by atoms with Gasteiger partial charge in [0, 0.05) is 51.3 Å². The van der Waals surface area contributed by atoms with Gasteiger partial charge in [0.15, 0.2) is 5.65 Å². The maximum Gasteiger partial charge on any atom is 0.414 e. The highest BCUT2D eigenvalue weighted by molar-refractivity contribution is 7.14. The van der Waals surface area contributed by atoms with E-state index in [1.165, 1.54) is 29.9 Å². The number of rotatable bonds is 4. The number of anilines is 1. The van der Waals surface area contributed by atoms with Gasteiger partial charge in [-0.2, -0.15) is 5.10 Å². The van der Waals surface area contributed by atoms with Crippen LogP contribution >= 0.6 is 11.3 Å². The molecular weight excluding hydrogens is 436 g/mol. The van der Waals surface area contributed by atoms with Gasteiger partial charge in [-0.15, -0.1) is 11.3 Å². The Morgan fingerprint density at radius 1 is 1.16 bits per heavy atom. The van der Waals surface area contributed by atoms with Gasteiger partial charge in [-0.05, 0) is 11.4 Å². The number of alkyl carbamates (subject to hydrolysis) is 1. The van der Waals surface area contributed by atoms with Gasteiger partial charge in [-0.1, -0.05) is 0 Å². The van der Waals surface area contributed by atoms with Crippen LogP contribution in [0.1, 0.15) is 40.5 Å². The molecule has 0 bridgehead atoms. The molecule has 12 heteroatoms. The SMILES string of the molecule is CC(=O)N1CCC(OC(=O)NC(=O)c2ccsc2NC(=O)c2cnc3ccnn3c2)CC1. The van der Waals surface area contributed by atoms with Crippen molar-refractivity contribution in [3.8, 4) is 0 Å². The molecule has 1 aliphatic heterocycles. The maximum absolute atomic E-state index is 12.6. The average molecular weight is 456 g/mol. The number of amides is 4. The molecule has 1 saturated heterocycles. The van der Waals surface area contributed by atoms with Gasteiger partial charge in [-0.3, -0.25) is 19.7 Å². The predicted octanol–water partition coefficient (Wildman–Crippen LogP) is 1.92. The topological polar surface area (TPSA) is 135 Å². The molecule has 2 N–H and O–H groups in total. The fourth-order valence-electron chi connectivity index (χ4n) is 3.32. The molecule has 1 aliphatic rings. The number of nitrogens with one attached hydrogen (secondary N) is 2. The van der Waals surface area contributed by atoms with E-state index in [4.69, 9.17) is 4.74 Å². The van der Waals surface area contributed by atoms with Crippen LogP contribution in [0, 0.1) is 0 Å². The number of likely N-dealkylation sites (tertiary alicyclic amines) is 1. The van der Waals surface area contributed by atoms with E-state index in [1.807, 2.05) is 0 Å². The van der Waals surface area contributed by atoms with E-state index in [-0.39, 0.29) is 28.1 Å². The Kier molecular flexibility index (Phi) is 6.12. The summed E-state index contributed by atoms with van der Waals surface area (Å²) in [5.74, 6) is -1.17. The lowest BCUT2D eigenvalue weighted by atomic mass is 10.1. The van der Waals surface area contributed by atoms with Gasteiger partial charge in [-0.25, -0.2) is 14.3 Å². The van der Waals surface area contributed by atoms with Crippen LogP contribution in [-0.4, -0.2) is 62.5 Å². The van der Waals surface area contributed by atoms with E-state index < -0.39 is 17.9 Å². The third kappa shape index (κ3) is 4.75. The second kappa shape index (κ2) is 9.14. The summed E-state index contributed by atoms with van der Waals surface area (Å²) in [6.45, 7) is 2.50. The Bertz CT molecular complexity index is 1180. The van der Waals surface area contributed by atoms with Gasteiger partial charge in [0.1, 0.15) is 11.1 Å². The summed E-state index contributed by atoms with van der Waals surface area (Å²) in [6, 6.07) is 3.21. The van der Waals surface area contributed by atoms with E-state index in [0.29, 0.717) is 31.6 Å². The normalized spacial score (nSPS) is 14.2. The van der Waals surface area contributed by atoms with Crippen LogP contribution in [0.15, 0.2) is 36.1 Å². The number of carbonyl (C=O) groups excluding carboxylic acids is 4. The van der Waals surface area contributed by atoms with Crippen LogP contribution in [0.2, 0.25) is 0 Å². The third-order valence-electron chi connectivity index (χ3n) is 5.02. The molecule has 0 radical (unpaired) electrons. The number of nitrogens with zero attached hydrogens (tertiary/aromatic N) is 4. The Labute approximate surface area is 186 Å². The molecule has 4 amide bonds. The summed E-state index contributed by atoms with van der Waals surface area (Å²) in [6.07, 6.45) is 4.29. The van der Waals surface area contributed by atoms with Gasteiger partial charge in [0.05, 0.1) is 17.3 Å². The molecule has 166 valence electrons. The number of ether oxygens (including phenoxy) is 1. The fourth-order valence-corrected chi connectivity index (χ4v) is 4.10. The van der Waals surface area contributed by atoms with Gasteiger partial charge < -0.3 is 15.0 Å². The molecule has 0 aromatic carbocycles. The van der Waals surface area contributed by atoms with E-state index in [1.54, 1.807) is 22.5 Å². The van der Waals surface area contributed by atoms with Crippen molar-refractivity contribution in [2.75, 3.05) is 18.4 Å². The summed E-state index contributed by atoms with van der Waals surface area (Å²) in [7, 11) is 0. The molecule has 0 saturated carbocycles. The zero-order valence-electron chi connectivity index (χ0n) is 17.1. The summed E-state index contributed by atoms with van der Waals surface area (Å²) < 4.78 is 6.77. The zero-order valence-corrected chi connectivity index (χ0v) is 17.9. The van der Waals surface area contributed by atoms with E-state index >= 15 is 0 Å². The van der Waals surface area contributed by atoms with Crippen molar-refractivity contribution >= 4 is 45.8 Å². The lowest BCUT2D eigenvalue weighted by molar-refractivity contribution is -0.130. The molecule has 0 unspecified atom stereocenters. The van der Waals surface area contributed by atoms with Crippen molar-refractivity contribution in [2.24, 2.45) is 0 Å². The van der Waals surface area contributed by atoms with Crippen LogP contribution in [0.4, 0.5) is 9.80 Å². The molecule has 0 spiro atoms. The molecule has 4 heterocycles. The summed E-state index contributed by atoms with van der Waals surface area (Å²) >= 11 is 1.15. The minimum absolute atomic E-state index is 0.0181. The fraction of sp³-hybridized carbons (Fsp3) is 0.300. The van der Waals surface area contributed by atoms with E-state index in [2.05, 4.69) is 20.7 Å². The largest absolute Gasteiger partial charge is 0.446 e. The molecule has 1 fully saturated rings. The van der Waals surface area contributed by atoms with Crippen LogP contribution in [0.25, 0.3) is 5.65 Å². The van der Waals surface area contributed by atoms with Gasteiger partial charge in [0.2, 0.25) is 5.91 Å². The standard InChI is InChI=1S/C20H20N6O5S/c1-12(27)25-7-3-14(4-8-25)31-20(30)24-18(29)15-5-9-32-19(15)23-17(28)13-10-21-16-2-6-22-26(16)11-13/h2,5-6,9-11,14H,3-4,7-8H2,1H3,(H,23,28)(H,24,29,30). The van der Waals surface area contributed by atoms with Gasteiger partial charge in [0.25, 0.3) is 11.8 Å². The lowest BCUT2D eigenvalue weighted by Gasteiger charge is -2.30. The second-order valence-corrected chi connectivity index (χ2v) is 8.08. The van der Waals surface area contributed by atoms with Crippen molar-refractivity contribution < 1.29 is 23.9 Å². The van der Waals surface area contributed by atoms with E-state index in [0.717, 1.165) is 11.3 Å². The Hall–Kier alpha value is -3.80. The molecule has 0 atom stereocenters. The number of thiophene rings is 1. The first kappa shape index (κ1) is 21.4. The Morgan fingerprint density at radius 2 is 1.94 bits per heavy atom. The first-order valence-electron chi connectivity index (χ1n) is 9.86. The molecule has 32 heavy (non-hydrogen) atoms. The zero-order chi connectivity index (χ0) is 22.7. The summed E-state index contributed by atoms with van der Waals surface area (Å²) in [5.41, 5.74) is 1.00. The van der Waals surface area contributed by atoms with Crippen LogP contribution < -0.4 is 10.6 Å². The van der Waals surface area contributed by atoms with Crippen LogP contribution in [0.3, 0.4) is 0 Å². The number of fused-ring (bicyclic) bond motifs is 1. The number of hydrogen-bond acceptors (Lipinski definition) is 8. The highest BCUT2D eigenvalue weighted by atomic mass is 32.1. The molecule has 11 nitrogen and oxygen atoms in total. The summed E-state index contributed by atoms with van der Waals surface area (Å²) in [4.78, 5) is 54.5. The molecule has 0 aliphatic carbocycles. The summed E-state index contributed by atoms with van der Waals surface area (Å²) in [5, 5.41) is 10.8. The number of aromatic nitrogens is 3.